The van der Waals surface area contributed by atoms with Gasteiger partial charge in [-0.1, -0.05) is 78.3 Å². The molecule has 0 radical (unpaired) electrons. The summed E-state index contributed by atoms with van der Waals surface area (Å²) in [5.41, 5.74) is 2.27. The SMILES string of the molecule is C=CCN1CC(=O)N2[C@@H](Cc3ccc(O[P+](O)(O)O)cc3)C(=O)N(Cc3cccc4ccn(S(=O)(=O)c5ccc(Cl)cc5)c34)C[C@@H]2N1C(=O)NCc1ccccc1. The van der Waals surface area contributed by atoms with E-state index in [0.717, 1.165) is 5.56 Å². The zero-order valence-electron chi connectivity index (χ0n) is 30.3. The molecule has 5 aromatic rings. The van der Waals surface area contributed by atoms with Crippen molar-refractivity contribution in [1.82, 2.24) is 29.1 Å². The van der Waals surface area contributed by atoms with Gasteiger partial charge in [-0.25, -0.2) is 27.2 Å². The molecule has 1 aromatic heterocycles. The first kappa shape index (κ1) is 39.9. The van der Waals surface area contributed by atoms with Crippen molar-refractivity contribution >= 4 is 58.5 Å². The number of hydrogen-bond donors (Lipinski definition) is 4. The number of para-hydroxylation sites is 1. The van der Waals surface area contributed by atoms with Crippen LogP contribution in [0.4, 0.5) is 4.79 Å². The molecule has 2 aliphatic heterocycles. The number of aromatic nitrogens is 1. The molecule has 0 spiro atoms. The van der Waals surface area contributed by atoms with Crippen LogP contribution >= 0.6 is 19.8 Å². The quantitative estimate of drug-likeness (QED) is 0.104. The molecular weight excluding hydrogens is 795 g/mol. The number of carbonyl (C=O) groups excluding carboxylic acids is 3. The van der Waals surface area contributed by atoms with E-state index in [9.17, 15) is 37.5 Å². The summed E-state index contributed by atoms with van der Waals surface area (Å²) in [6.45, 7) is 3.76. The highest BCUT2D eigenvalue weighted by molar-refractivity contribution is 7.90. The number of amides is 4. The summed E-state index contributed by atoms with van der Waals surface area (Å²) in [5, 5.41) is 6.96. The second-order valence-electron chi connectivity index (χ2n) is 13.5. The van der Waals surface area contributed by atoms with E-state index in [0.29, 0.717) is 27.1 Å². The lowest BCUT2D eigenvalue weighted by atomic mass is 9.98. The smallest absolute Gasteiger partial charge is 0.333 e. The van der Waals surface area contributed by atoms with Crippen LogP contribution in [0.15, 0.2) is 127 Å². The Bertz CT molecular complexity index is 2410. The van der Waals surface area contributed by atoms with Gasteiger partial charge in [-0.2, -0.15) is 14.7 Å². The maximum atomic E-state index is 14.7. The summed E-state index contributed by atoms with van der Waals surface area (Å²) in [6.07, 6.45) is 2.03. The third kappa shape index (κ3) is 8.53. The van der Waals surface area contributed by atoms with Crippen LogP contribution in [0.5, 0.6) is 5.75 Å². The van der Waals surface area contributed by atoms with Crippen molar-refractivity contribution in [2.24, 2.45) is 0 Å². The maximum Gasteiger partial charge on any atom is 0.613 e. The molecule has 18 heteroatoms. The van der Waals surface area contributed by atoms with E-state index in [1.807, 2.05) is 30.3 Å². The van der Waals surface area contributed by atoms with Gasteiger partial charge in [-0.05, 0) is 59.2 Å². The first-order valence-electron chi connectivity index (χ1n) is 17.8. The molecule has 4 N–H and O–H groups in total. The molecule has 7 rings (SSSR count). The van der Waals surface area contributed by atoms with Gasteiger partial charge in [0.05, 0.1) is 23.5 Å². The molecule has 296 valence electrons. The van der Waals surface area contributed by atoms with Crippen LogP contribution < -0.4 is 9.84 Å². The Morgan fingerprint density at radius 3 is 2.33 bits per heavy atom. The third-order valence-electron chi connectivity index (χ3n) is 9.74. The van der Waals surface area contributed by atoms with Crippen molar-refractivity contribution in [2.45, 2.75) is 36.6 Å². The highest BCUT2D eigenvalue weighted by Crippen LogP contribution is 2.46. The molecule has 2 fully saturated rings. The van der Waals surface area contributed by atoms with Crippen LogP contribution in [-0.2, 0) is 39.1 Å². The Balaban J connectivity index is 1.27. The van der Waals surface area contributed by atoms with Crippen molar-refractivity contribution in [2.75, 3.05) is 19.6 Å². The summed E-state index contributed by atoms with van der Waals surface area (Å²) in [4.78, 5) is 74.1. The highest BCUT2D eigenvalue weighted by Gasteiger charge is 2.51. The van der Waals surface area contributed by atoms with Crippen molar-refractivity contribution in [1.29, 1.82) is 0 Å². The van der Waals surface area contributed by atoms with Gasteiger partial charge in [-0.3, -0.25) is 14.1 Å². The van der Waals surface area contributed by atoms with E-state index in [2.05, 4.69) is 11.9 Å². The number of halogens is 1. The number of urea groups is 1. The molecule has 15 nitrogen and oxygen atoms in total. The second-order valence-corrected chi connectivity index (χ2v) is 17.0. The molecule has 2 saturated heterocycles. The highest BCUT2D eigenvalue weighted by atomic mass is 35.5. The Labute approximate surface area is 334 Å². The molecule has 2 aliphatic rings. The molecule has 0 aliphatic carbocycles. The Morgan fingerprint density at radius 2 is 1.65 bits per heavy atom. The zero-order chi connectivity index (χ0) is 40.5. The van der Waals surface area contributed by atoms with Gasteiger partial charge in [-0.15, -0.1) is 6.58 Å². The van der Waals surface area contributed by atoms with E-state index >= 15 is 0 Å². The average Bonchev–Trinajstić information content (AvgIpc) is 3.63. The van der Waals surface area contributed by atoms with Crippen LogP contribution in [-0.4, -0.2) is 96.6 Å². The number of nitrogens with zero attached hydrogens (tertiary/aromatic N) is 5. The fourth-order valence-corrected chi connectivity index (χ4v) is 9.16. The Morgan fingerprint density at radius 1 is 0.930 bits per heavy atom. The van der Waals surface area contributed by atoms with Crippen LogP contribution in [0.25, 0.3) is 10.9 Å². The summed E-state index contributed by atoms with van der Waals surface area (Å²) in [6, 6.07) is 26.3. The Hall–Kier alpha value is -5.32. The minimum Gasteiger partial charge on any atom is -0.333 e. The number of hydrazine groups is 1. The number of hydrogen-bond acceptors (Lipinski definition) is 10. The largest absolute Gasteiger partial charge is 0.613 e. The summed E-state index contributed by atoms with van der Waals surface area (Å²) >= 11 is 6.05. The Kier molecular flexibility index (Phi) is 11.4. The number of nitrogens with one attached hydrogen (secondary N) is 1. The normalized spacial score (nSPS) is 17.8. The monoisotopic (exact) mass is 833 g/mol. The average molecular weight is 834 g/mol. The molecule has 0 unspecified atom stereocenters. The van der Waals surface area contributed by atoms with Crippen molar-refractivity contribution < 1.29 is 42.0 Å². The van der Waals surface area contributed by atoms with Gasteiger partial charge >= 0.3 is 14.2 Å². The number of piperazine rings is 1. The molecule has 2 atom stereocenters. The molecule has 4 aromatic carbocycles. The maximum absolute atomic E-state index is 14.7. The number of benzene rings is 4. The molecule has 0 saturated carbocycles. The minimum atomic E-state index is -4.58. The minimum absolute atomic E-state index is 0.0119. The lowest BCUT2D eigenvalue weighted by Gasteiger charge is -2.55. The first-order chi connectivity index (χ1) is 27.2. The molecular formula is C39H39ClN6O9PS+. The van der Waals surface area contributed by atoms with E-state index in [-0.39, 0.29) is 49.8 Å². The van der Waals surface area contributed by atoms with E-state index in [1.165, 1.54) is 61.4 Å². The van der Waals surface area contributed by atoms with Crippen molar-refractivity contribution in [3.8, 4) is 5.75 Å². The lowest BCUT2D eigenvalue weighted by Crippen LogP contribution is -2.76. The number of fused-ring (bicyclic) bond motifs is 2. The second kappa shape index (κ2) is 16.3. The van der Waals surface area contributed by atoms with Gasteiger partial charge in [0.15, 0.2) is 5.75 Å². The molecule has 0 bridgehead atoms. The molecule has 4 amide bonds. The van der Waals surface area contributed by atoms with Gasteiger partial charge in [0.2, 0.25) is 11.8 Å². The van der Waals surface area contributed by atoms with Crippen LogP contribution in [0, 0.1) is 0 Å². The van der Waals surface area contributed by atoms with Crippen LogP contribution in [0.2, 0.25) is 5.02 Å². The number of carbonyl (C=O) groups is 3. The van der Waals surface area contributed by atoms with Gasteiger partial charge in [0.25, 0.3) is 10.0 Å². The third-order valence-corrected chi connectivity index (χ3v) is 12.1. The summed E-state index contributed by atoms with van der Waals surface area (Å²) in [7, 11) is -8.68. The zero-order valence-corrected chi connectivity index (χ0v) is 32.8. The van der Waals surface area contributed by atoms with Crippen molar-refractivity contribution in [3.63, 3.8) is 0 Å². The fraction of sp³-hybridized carbons (Fsp3) is 0.205. The van der Waals surface area contributed by atoms with E-state index in [1.54, 1.807) is 47.5 Å². The molecule has 57 heavy (non-hydrogen) atoms. The van der Waals surface area contributed by atoms with E-state index in [4.69, 9.17) is 16.1 Å². The fourth-order valence-electron chi connectivity index (χ4n) is 7.24. The predicted octanol–water partition coefficient (Wildman–Crippen LogP) is 4.30. The van der Waals surface area contributed by atoms with Gasteiger partial charge in [0, 0.05) is 42.7 Å². The van der Waals surface area contributed by atoms with E-state index < -0.39 is 48.2 Å². The van der Waals surface area contributed by atoms with Crippen LogP contribution in [0.1, 0.15) is 16.7 Å². The molecule has 3 heterocycles. The van der Waals surface area contributed by atoms with Crippen molar-refractivity contribution in [3.05, 3.63) is 144 Å². The van der Waals surface area contributed by atoms with Crippen LogP contribution in [0.3, 0.4) is 0 Å². The van der Waals surface area contributed by atoms with Gasteiger partial charge in [0.1, 0.15) is 12.2 Å². The van der Waals surface area contributed by atoms with Gasteiger partial charge < -0.3 is 15.1 Å². The standard InChI is InChI=1S/C39H38ClN6O9PS/c1-2-20-43-26-36(47)45-34(22-27-11-15-32(16-12-27)55-56(50,51)52)38(48)42(25-35(45)46(43)39(49)41-23-28-7-4-3-5-8-28)24-30-10-6-9-29-19-21-44(37(29)30)57(53,54)33-17-13-31(40)14-18-33/h2-19,21,34-35,50-52H,1,20,22-26H2/p+1/t34-,35-/m0/s1. The summed E-state index contributed by atoms with van der Waals surface area (Å²) < 4.78 is 33.9. The summed E-state index contributed by atoms with van der Waals surface area (Å²) in [5.74, 6) is -0.870. The lowest BCUT2D eigenvalue weighted by molar-refractivity contribution is -0.189. The first-order valence-corrected chi connectivity index (χ1v) is 21.1. The predicted molar refractivity (Wildman–Crippen MR) is 212 cm³/mol. The number of rotatable bonds is 12. The topological polar surface area (TPSA) is 185 Å².